The Morgan fingerprint density at radius 3 is 1.82 bits per heavy atom. The largest absolute Gasteiger partial charge is 0.501 e. The van der Waals surface area contributed by atoms with E-state index < -0.39 is 14.9 Å². The monoisotopic (exact) mass is 1330 g/mol. The smallest absolute Gasteiger partial charge is 0.121 e. The number of fused-ring (bicyclic) bond motifs is 7. The molecule has 439 valence electrons. The van der Waals surface area contributed by atoms with Crippen LogP contribution in [-0.4, -0.2) is 22.6 Å². The van der Waals surface area contributed by atoms with Gasteiger partial charge in [0.25, 0.3) is 0 Å². The first-order valence-corrected chi connectivity index (χ1v) is 34.3. The van der Waals surface area contributed by atoms with Crippen LogP contribution in [0.4, 0.5) is 0 Å². The quantitative estimate of drug-likeness (QED) is 0.0696. The molecule has 0 saturated carbocycles. The van der Waals surface area contributed by atoms with Gasteiger partial charge in [-0.15, -0.1) is 47.5 Å². The van der Waals surface area contributed by atoms with Crippen LogP contribution in [-0.2, 0) is 20.1 Å². The fraction of sp³-hybridized carbons (Fsp3) is 0.235. The molecule has 0 saturated heterocycles. The molecule has 4 nitrogen and oxygen atoms in total. The number of pyridine rings is 1. The standard InChI is InChI=1S/C60H57N2O.C21H22NSi.Ir/c1-34(2)43-29-48(35(3)4)57(49(30-43)36(5)6)41-25-22-39(23-26-41)44-31-50(37(7)8)58(51(32-44)38(9)10)62-55-21-14-13-20-54(55)61-60(62)47-19-15-18-46-53-28-42-27-24-40-16-11-12-17-45(40)52(42)33-56(53)63-59(46)47;1-16-10-11-18(14-20(16)17-8-6-5-7-9-17)21-13-12-19(15-22-21)23(2,3)4;/h11-18,20-38H,1-10H3;5-10,12-15H,1-4H3;/q2*-1;/i;1D3;. The molecule has 0 aliphatic heterocycles. The van der Waals surface area contributed by atoms with Gasteiger partial charge in [0.2, 0.25) is 0 Å². The molecule has 0 spiro atoms. The van der Waals surface area contributed by atoms with E-state index in [9.17, 15) is 0 Å². The number of aryl methyl sites for hydroxylation is 1. The molecule has 0 amide bonds. The summed E-state index contributed by atoms with van der Waals surface area (Å²) in [7, 11) is -1.40. The molecule has 1 radical (unpaired) electrons. The predicted octanol–water partition coefficient (Wildman–Crippen LogP) is 22.7. The van der Waals surface area contributed by atoms with E-state index in [-0.39, 0.29) is 31.9 Å². The van der Waals surface area contributed by atoms with Gasteiger partial charge in [0, 0.05) is 41.5 Å². The fourth-order valence-corrected chi connectivity index (χ4v) is 13.5. The molecule has 3 aromatic heterocycles. The van der Waals surface area contributed by atoms with Gasteiger partial charge in [-0.05, 0) is 154 Å². The van der Waals surface area contributed by atoms with E-state index >= 15 is 0 Å². The van der Waals surface area contributed by atoms with Crippen molar-refractivity contribution < 1.29 is 28.6 Å². The molecule has 0 N–H and O–H groups in total. The molecular weight excluding hydrogens is 1250 g/mol. The summed E-state index contributed by atoms with van der Waals surface area (Å²) in [5, 5.41) is 8.30. The summed E-state index contributed by atoms with van der Waals surface area (Å²) < 4.78 is 32.8. The van der Waals surface area contributed by atoms with E-state index in [1.54, 1.807) is 6.07 Å². The Kier molecular flexibility index (Phi) is 16.1. The number of para-hydroxylation sites is 2. The minimum absolute atomic E-state index is 0. The van der Waals surface area contributed by atoms with Crippen molar-refractivity contribution in [1.82, 2.24) is 14.5 Å². The Balaban J connectivity index is 0.000000259. The zero-order chi connectivity index (χ0) is 62.8. The summed E-state index contributed by atoms with van der Waals surface area (Å²) in [6.07, 6.45) is 1.94. The van der Waals surface area contributed by atoms with E-state index in [1.807, 2.05) is 54.7 Å². The summed E-state index contributed by atoms with van der Waals surface area (Å²) in [6, 6.07) is 73.3. The second-order valence-corrected chi connectivity index (χ2v) is 31.0. The second-order valence-electron chi connectivity index (χ2n) is 26.0. The molecule has 3 heterocycles. The molecular formula is C81H79IrN3OSi-2. The van der Waals surface area contributed by atoms with E-state index in [0.717, 1.165) is 61.2 Å². The van der Waals surface area contributed by atoms with Gasteiger partial charge in [0.15, 0.2) is 0 Å². The summed E-state index contributed by atoms with van der Waals surface area (Å²) in [5.74, 6) is 2.64. The Morgan fingerprint density at radius 2 is 1.17 bits per heavy atom. The van der Waals surface area contributed by atoms with Gasteiger partial charge in [-0.2, -0.15) is 0 Å². The number of nitrogens with zero attached hydrogens (tertiary/aromatic N) is 3. The summed E-state index contributed by atoms with van der Waals surface area (Å²) in [5.41, 5.74) is 21.3. The van der Waals surface area contributed by atoms with Crippen LogP contribution in [0.2, 0.25) is 19.6 Å². The van der Waals surface area contributed by atoms with Crippen LogP contribution in [0, 0.1) is 19.0 Å². The number of rotatable bonds is 12. The third kappa shape index (κ3) is 11.7. The zero-order valence-corrected chi connectivity index (χ0v) is 55.8. The van der Waals surface area contributed by atoms with Crippen LogP contribution in [0.1, 0.15) is 136 Å². The van der Waals surface area contributed by atoms with Crippen molar-refractivity contribution in [3.63, 3.8) is 0 Å². The molecule has 0 unspecified atom stereocenters. The third-order valence-corrected chi connectivity index (χ3v) is 19.3. The van der Waals surface area contributed by atoms with Crippen molar-refractivity contribution >= 4 is 67.8 Å². The molecule has 0 atom stereocenters. The van der Waals surface area contributed by atoms with Crippen molar-refractivity contribution in [2.45, 2.75) is 125 Å². The Morgan fingerprint density at radius 1 is 0.529 bits per heavy atom. The van der Waals surface area contributed by atoms with Gasteiger partial charge in [0.05, 0.1) is 30.5 Å². The maximum Gasteiger partial charge on any atom is 0.121 e. The molecule has 0 aliphatic carbocycles. The van der Waals surface area contributed by atoms with Gasteiger partial charge in [-0.1, -0.05) is 240 Å². The number of hydrogen-bond donors (Lipinski definition) is 0. The molecule has 6 heteroatoms. The van der Waals surface area contributed by atoms with Crippen LogP contribution >= 0.6 is 0 Å². The van der Waals surface area contributed by atoms with Crippen LogP contribution in [0.25, 0.3) is 116 Å². The molecule has 13 rings (SSSR count). The normalized spacial score (nSPS) is 12.6. The van der Waals surface area contributed by atoms with E-state index in [4.69, 9.17) is 13.5 Å². The predicted molar refractivity (Wildman–Crippen MR) is 371 cm³/mol. The summed E-state index contributed by atoms with van der Waals surface area (Å²) in [4.78, 5) is 10.0. The molecule has 87 heavy (non-hydrogen) atoms. The molecule has 10 aromatic carbocycles. The first-order valence-electron chi connectivity index (χ1n) is 32.3. The zero-order valence-electron chi connectivity index (χ0n) is 55.4. The minimum atomic E-state index is -2.19. The number of imidazole rings is 1. The van der Waals surface area contributed by atoms with Crippen molar-refractivity contribution in [2.24, 2.45) is 0 Å². The van der Waals surface area contributed by atoms with Crippen molar-refractivity contribution in [3.8, 4) is 61.7 Å². The topological polar surface area (TPSA) is 43.9 Å². The van der Waals surface area contributed by atoms with E-state index in [0.29, 0.717) is 28.9 Å². The van der Waals surface area contributed by atoms with Crippen LogP contribution in [0.15, 0.2) is 199 Å². The first-order chi connectivity index (χ1) is 42.5. The van der Waals surface area contributed by atoms with Gasteiger partial charge in [0.1, 0.15) is 5.58 Å². The van der Waals surface area contributed by atoms with E-state index in [1.165, 1.54) is 82.5 Å². The van der Waals surface area contributed by atoms with Crippen LogP contribution in [0.3, 0.4) is 0 Å². The summed E-state index contributed by atoms with van der Waals surface area (Å²) in [6.45, 7) is 27.9. The molecule has 13 aromatic rings. The average Bonchev–Trinajstić information content (AvgIpc) is 1.56. The number of hydrogen-bond acceptors (Lipinski definition) is 3. The number of furan rings is 1. The SMILES string of the molecule is CC(C)c1cc(C(C)C)c(-c2ccc(-c3cc(C(C)C)c(-n4c(-c5[c-]ccc6c5oc5cc7c(ccc8ccccc87)cc56)nc5ccccc54)c(C(C)C)c3)cc2)c(C(C)C)c1.[2H]C([2H])([2H])c1c[c-]c(-c2ccc([Si](C)(C)C)cn2)cc1-c1ccccc1.[Ir]. The fourth-order valence-electron chi connectivity index (χ4n) is 12.4. The molecule has 0 fully saturated rings. The van der Waals surface area contributed by atoms with Crippen molar-refractivity contribution in [2.75, 3.05) is 0 Å². The van der Waals surface area contributed by atoms with E-state index in [2.05, 4.69) is 244 Å². The first kappa shape index (κ1) is 56.8. The van der Waals surface area contributed by atoms with Crippen LogP contribution in [0.5, 0.6) is 0 Å². The maximum atomic E-state index is 7.84. The van der Waals surface area contributed by atoms with Crippen molar-refractivity contribution in [3.05, 3.63) is 240 Å². The van der Waals surface area contributed by atoms with Gasteiger partial charge in [-0.25, -0.2) is 0 Å². The second kappa shape index (κ2) is 24.6. The van der Waals surface area contributed by atoms with Gasteiger partial charge >= 0.3 is 0 Å². The van der Waals surface area contributed by atoms with Crippen LogP contribution < -0.4 is 5.19 Å². The minimum Gasteiger partial charge on any atom is -0.501 e. The number of aromatic nitrogens is 3. The molecule has 0 aliphatic rings. The Bertz CT molecular complexity index is 4720. The Labute approximate surface area is 534 Å². The molecule has 0 bridgehead atoms. The third-order valence-electron chi connectivity index (χ3n) is 17.3. The summed E-state index contributed by atoms with van der Waals surface area (Å²) >= 11 is 0. The number of benzene rings is 10. The van der Waals surface area contributed by atoms with Gasteiger partial charge < -0.3 is 14.0 Å². The van der Waals surface area contributed by atoms with Gasteiger partial charge in [-0.3, -0.25) is 4.98 Å². The Hall–Kier alpha value is -7.99. The maximum absolute atomic E-state index is 7.84. The average molecular weight is 1330 g/mol. The van der Waals surface area contributed by atoms with Crippen molar-refractivity contribution in [1.29, 1.82) is 0 Å².